The fraction of sp³-hybridized carbons (Fsp3) is 0.267. The van der Waals surface area contributed by atoms with Crippen molar-refractivity contribution >= 4 is 45.0 Å². The van der Waals surface area contributed by atoms with Crippen LogP contribution >= 0.6 is 23.1 Å². The van der Waals surface area contributed by atoms with Gasteiger partial charge in [0.1, 0.15) is 16.8 Å². The lowest BCUT2D eigenvalue weighted by atomic mass is 10.0. The largest absolute Gasteiger partial charge is 0.362 e. The number of hydrogen-bond acceptors (Lipinski definition) is 8. The molecule has 9 heteroatoms. The molecule has 124 valence electrons. The van der Waals surface area contributed by atoms with E-state index in [9.17, 15) is 10.1 Å². The highest BCUT2D eigenvalue weighted by Crippen LogP contribution is 2.33. The maximum Gasteiger partial charge on any atom is 0.272 e. The molecule has 0 saturated heterocycles. The van der Waals surface area contributed by atoms with E-state index in [1.807, 2.05) is 19.2 Å². The minimum absolute atomic E-state index is 0.122. The molecule has 0 aliphatic carbocycles. The van der Waals surface area contributed by atoms with Crippen molar-refractivity contribution in [2.75, 3.05) is 11.6 Å². The second-order valence-corrected chi connectivity index (χ2v) is 7.28. The van der Waals surface area contributed by atoms with Crippen molar-refractivity contribution in [2.45, 2.75) is 24.2 Å². The van der Waals surface area contributed by atoms with Crippen molar-refractivity contribution in [1.82, 2.24) is 15.0 Å². The zero-order chi connectivity index (χ0) is 17.3. The van der Waals surface area contributed by atoms with Crippen molar-refractivity contribution in [3.05, 3.63) is 45.8 Å². The second kappa shape index (κ2) is 6.70. The highest BCUT2D eigenvalue weighted by atomic mass is 32.2. The highest BCUT2D eigenvalue weighted by molar-refractivity contribution is 8.00. The minimum atomic E-state index is -0.359. The van der Waals surface area contributed by atoms with Crippen LogP contribution in [0.3, 0.4) is 0 Å². The summed E-state index contributed by atoms with van der Waals surface area (Å²) in [5.41, 5.74) is 2.25. The van der Waals surface area contributed by atoms with Gasteiger partial charge in [0.2, 0.25) is 0 Å². The van der Waals surface area contributed by atoms with Crippen LogP contribution in [0.25, 0.3) is 10.3 Å². The number of thioether (sulfide) groups is 1. The summed E-state index contributed by atoms with van der Waals surface area (Å²) in [6.07, 6.45) is 3.44. The van der Waals surface area contributed by atoms with Gasteiger partial charge in [0.25, 0.3) is 5.69 Å². The minimum Gasteiger partial charge on any atom is -0.362 e. The van der Waals surface area contributed by atoms with Crippen molar-refractivity contribution < 1.29 is 4.92 Å². The smallest absolute Gasteiger partial charge is 0.272 e. The quantitative estimate of drug-likeness (QED) is 0.413. The van der Waals surface area contributed by atoms with Crippen LogP contribution < -0.4 is 5.32 Å². The second-order valence-electron chi connectivity index (χ2n) is 5.23. The molecule has 24 heavy (non-hydrogen) atoms. The number of aromatic nitrogens is 3. The monoisotopic (exact) mass is 361 g/mol. The molecule has 0 radical (unpaired) electrons. The normalized spacial score (nSPS) is 12.3. The number of nitro benzene ring substituents is 1. The lowest BCUT2D eigenvalue weighted by Gasteiger charge is -2.15. The summed E-state index contributed by atoms with van der Waals surface area (Å²) < 4.78 is 1.81. The molecule has 1 aromatic carbocycles. The molecule has 0 spiro atoms. The van der Waals surface area contributed by atoms with E-state index in [0.29, 0.717) is 17.0 Å². The summed E-state index contributed by atoms with van der Waals surface area (Å²) in [5.74, 6) is 0.688. The van der Waals surface area contributed by atoms with Gasteiger partial charge in [0.05, 0.1) is 11.0 Å². The van der Waals surface area contributed by atoms with Gasteiger partial charge in [-0.3, -0.25) is 10.1 Å². The number of benzene rings is 1. The summed E-state index contributed by atoms with van der Waals surface area (Å²) >= 11 is 3.09. The first-order valence-electron chi connectivity index (χ1n) is 7.16. The molecule has 0 bridgehead atoms. The summed E-state index contributed by atoms with van der Waals surface area (Å²) in [6, 6.07) is 5.12. The molecule has 1 atom stereocenters. The van der Waals surface area contributed by atoms with Gasteiger partial charge in [-0.05, 0) is 25.7 Å². The molecular weight excluding hydrogens is 346 g/mol. The van der Waals surface area contributed by atoms with Crippen molar-refractivity contribution in [3.63, 3.8) is 0 Å². The Labute approximate surface area is 146 Å². The molecule has 1 N–H and O–H groups in total. The molecule has 3 rings (SSSR count). The number of thiazole rings is 1. The van der Waals surface area contributed by atoms with Crippen LogP contribution in [0, 0.1) is 17.0 Å². The number of nitrogens with zero attached hydrogens (tertiary/aromatic N) is 4. The molecule has 0 aliphatic heterocycles. The van der Waals surface area contributed by atoms with Crippen molar-refractivity contribution in [2.24, 2.45) is 0 Å². The van der Waals surface area contributed by atoms with Gasteiger partial charge < -0.3 is 5.32 Å². The molecule has 0 aliphatic rings. The molecule has 2 heterocycles. The van der Waals surface area contributed by atoms with Gasteiger partial charge in [0.15, 0.2) is 9.99 Å². The van der Waals surface area contributed by atoms with Gasteiger partial charge >= 0.3 is 0 Å². The zero-order valence-electron chi connectivity index (χ0n) is 13.3. The van der Waals surface area contributed by atoms with E-state index in [1.54, 1.807) is 30.8 Å². The topological polar surface area (TPSA) is 93.8 Å². The van der Waals surface area contributed by atoms with Crippen LogP contribution in [0.15, 0.2) is 28.9 Å². The van der Waals surface area contributed by atoms with Crippen LogP contribution in [0.5, 0.6) is 0 Å². The van der Waals surface area contributed by atoms with E-state index >= 15 is 0 Å². The van der Waals surface area contributed by atoms with E-state index in [-0.39, 0.29) is 16.7 Å². The third kappa shape index (κ3) is 3.17. The molecule has 7 nitrogen and oxygen atoms in total. The Morgan fingerprint density at radius 2 is 2.17 bits per heavy atom. The SMILES string of the molecule is CSc1nc2ncnc(NC(C)c3ccc(C)c([N+](=O)[O-])c3)c2s1. The Morgan fingerprint density at radius 3 is 2.88 bits per heavy atom. The number of nitro groups is 1. The molecule has 0 saturated carbocycles. The van der Waals surface area contributed by atoms with Crippen LogP contribution in [-0.4, -0.2) is 26.1 Å². The molecule has 3 aromatic rings. The zero-order valence-corrected chi connectivity index (χ0v) is 14.9. The third-order valence-corrected chi connectivity index (χ3v) is 5.67. The lowest BCUT2D eigenvalue weighted by molar-refractivity contribution is -0.385. The average molecular weight is 361 g/mol. The molecular formula is C15H15N5O2S2. The molecule has 1 unspecified atom stereocenters. The number of rotatable bonds is 5. The van der Waals surface area contributed by atoms with Gasteiger partial charge in [-0.15, -0.1) is 11.3 Å². The Morgan fingerprint density at radius 1 is 1.38 bits per heavy atom. The molecule has 0 amide bonds. The first-order chi connectivity index (χ1) is 11.5. The van der Waals surface area contributed by atoms with E-state index in [4.69, 9.17) is 0 Å². The van der Waals surface area contributed by atoms with Gasteiger partial charge in [-0.25, -0.2) is 15.0 Å². The Bertz CT molecular complexity index is 912. The summed E-state index contributed by atoms with van der Waals surface area (Å²) in [4.78, 5) is 23.7. The first kappa shape index (κ1) is 16.6. The van der Waals surface area contributed by atoms with Crippen LogP contribution in [-0.2, 0) is 0 Å². The average Bonchev–Trinajstić information content (AvgIpc) is 2.99. The van der Waals surface area contributed by atoms with E-state index in [0.717, 1.165) is 14.6 Å². The number of nitrogens with one attached hydrogen (secondary N) is 1. The summed E-state index contributed by atoms with van der Waals surface area (Å²) in [5, 5.41) is 14.4. The predicted molar refractivity (Wildman–Crippen MR) is 96.9 cm³/mol. The van der Waals surface area contributed by atoms with Crippen molar-refractivity contribution in [3.8, 4) is 0 Å². The Kier molecular flexibility index (Phi) is 4.63. The molecule has 2 aromatic heterocycles. The standard InChI is InChI=1S/C15H15N5O2S2/c1-8-4-5-10(6-11(8)20(21)22)9(2)18-13-12-14(17-7-16-13)19-15(23-3)24-12/h4-7,9H,1-3H3,(H,16,17,18). The first-order valence-corrected chi connectivity index (χ1v) is 9.20. The van der Waals surface area contributed by atoms with Crippen LogP contribution in [0.1, 0.15) is 24.1 Å². The maximum atomic E-state index is 11.1. The summed E-state index contributed by atoms with van der Waals surface area (Å²) in [6.45, 7) is 3.67. The van der Waals surface area contributed by atoms with Crippen molar-refractivity contribution in [1.29, 1.82) is 0 Å². The van der Waals surface area contributed by atoms with Gasteiger partial charge in [-0.1, -0.05) is 23.9 Å². The van der Waals surface area contributed by atoms with Gasteiger partial charge in [0, 0.05) is 11.6 Å². The Balaban J connectivity index is 1.92. The Hall–Kier alpha value is -2.26. The van der Waals surface area contributed by atoms with Crippen LogP contribution in [0.2, 0.25) is 0 Å². The number of fused-ring (bicyclic) bond motifs is 1. The third-order valence-electron chi connectivity index (χ3n) is 3.63. The number of anilines is 1. The van der Waals surface area contributed by atoms with E-state index in [2.05, 4.69) is 20.3 Å². The fourth-order valence-electron chi connectivity index (χ4n) is 2.31. The fourth-order valence-corrected chi connectivity index (χ4v) is 3.77. The maximum absolute atomic E-state index is 11.1. The molecule has 0 fully saturated rings. The lowest BCUT2D eigenvalue weighted by Crippen LogP contribution is -2.09. The highest BCUT2D eigenvalue weighted by Gasteiger charge is 2.16. The van der Waals surface area contributed by atoms with Crippen LogP contribution in [0.4, 0.5) is 11.5 Å². The van der Waals surface area contributed by atoms with E-state index < -0.39 is 0 Å². The van der Waals surface area contributed by atoms with Gasteiger partial charge in [-0.2, -0.15) is 0 Å². The number of aryl methyl sites for hydroxylation is 1. The van der Waals surface area contributed by atoms with E-state index in [1.165, 1.54) is 17.7 Å². The predicted octanol–water partition coefficient (Wildman–Crippen LogP) is 4.20. The number of hydrogen-bond donors (Lipinski definition) is 1. The summed E-state index contributed by atoms with van der Waals surface area (Å²) in [7, 11) is 0.